The summed E-state index contributed by atoms with van der Waals surface area (Å²) in [5, 5.41) is 6.61. The molecule has 0 unspecified atom stereocenters. The number of nitrogens with zero attached hydrogens (tertiary/aromatic N) is 4. The number of likely N-dealkylation sites (N-methyl/N-ethyl adjacent to an activating group) is 1. The molecular formula is C18H25N5O2. The summed E-state index contributed by atoms with van der Waals surface area (Å²) >= 11 is 0. The molecule has 7 nitrogen and oxygen atoms in total. The monoisotopic (exact) mass is 343 g/mol. The summed E-state index contributed by atoms with van der Waals surface area (Å²) in [4.78, 5) is 20.6. The molecule has 2 heterocycles. The lowest BCUT2D eigenvalue weighted by molar-refractivity contribution is 0.0963. The first-order chi connectivity index (χ1) is 12.0. The SMILES string of the molecule is CNC(=O)c1ccc(CN2CC[C@@H](N(C)Cc3noc(C)n3)C2)cc1. The fourth-order valence-corrected chi connectivity index (χ4v) is 3.24. The smallest absolute Gasteiger partial charge is 0.251 e. The van der Waals surface area contributed by atoms with Crippen LogP contribution in [-0.2, 0) is 13.1 Å². The molecule has 1 N–H and O–H groups in total. The van der Waals surface area contributed by atoms with E-state index in [2.05, 4.69) is 32.3 Å². The van der Waals surface area contributed by atoms with E-state index in [0.717, 1.165) is 31.9 Å². The molecule has 1 saturated heterocycles. The van der Waals surface area contributed by atoms with E-state index in [0.29, 0.717) is 24.0 Å². The molecule has 25 heavy (non-hydrogen) atoms. The van der Waals surface area contributed by atoms with E-state index in [1.807, 2.05) is 31.2 Å². The lowest BCUT2D eigenvalue weighted by atomic mass is 10.1. The molecule has 1 aliphatic rings. The van der Waals surface area contributed by atoms with Crippen LogP contribution in [-0.4, -0.2) is 59.1 Å². The second-order valence-electron chi connectivity index (χ2n) is 6.60. The number of benzene rings is 1. The van der Waals surface area contributed by atoms with E-state index in [1.54, 1.807) is 7.05 Å². The minimum absolute atomic E-state index is 0.0499. The van der Waals surface area contributed by atoms with E-state index in [1.165, 1.54) is 5.56 Å². The molecule has 0 bridgehead atoms. The minimum atomic E-state index is -0.0499. The lowest BCUT2D eigenvalue weighted by Crippen LogP contribution is -2.34. The Hall–Kier alpha value is -2.25. The standard InChI is InChI=1S/C18H25N5O2/c1-13-20-17(21-25-13)12-22(3)16-8-9-23(11-16)10-14-4-6-15(7-5-14)18(24)19-2/h4-7,16H,8-12H2,1-3H3,(H,19,24)/t16-/m1/s1. The molecule has 0 aliphatic carbocycles. The minimum Gasteiger partial charge on any atom is -0.355 e. The van der Waals surface area contributed by atoms with Gasteiger partial charge in [0.05, 0.1) is 6.54 Å². The van der Waals surface area contributed by atoms with Crippen molar-refractivity contribution in [2.24, 2.45) is 0 Å². The second-order valence-corrected chi connectivity index (χ2v) is 6.60. The van der Waals surface area contributed by atoms with Gasteiger partial charge in [0, 0.05) is 45.2 Å². The van der Waals surface area contributed by atoms with Crippen LogP contribution in [0.5, 0.6) is 0 Å². The van der Waals surface area contributed by atoms with E-state index < -0.39 is 0 Å². The number of carbonyl (C=O) groups is 1. The zero-order valence-electron chi connectivity index (χ0n) is 15.0. The zero-order chi connectivity index (χ0) is 17.8. The van der Waals surface area contributed by atoms with Gasteiger partial charge in [0.25, 0.3) is 5.91 Å². The van der Waals surface area contributed by atoms with Crippen molar-refractivity contribution < 1.29 is 9.32 Å². The van der Waals surface area contributed by atoms with Gasteiger partial charge in [0.2, 0.25) is 5.89 Å². The highest BCUT2D eigenvalue weighted by Crippen LogP contribution is 2.18. The Kier molecular flexibility index (Phi) is 5.45. The van der Waals surface area contributed by atoms with Crippen LogP contribution in [0.25, 0.3) is 0 Å². The molecule has 1 aliphatic heterocycles. The van der Waals surface area contributed by atoms with Crippen molar-refractivity contribution in [1.29, 1.82) is 0 Å². The fourth-order valence-electron chi connectivity index (χ4n) is 3.24. The van der Waals surface area contributed by atoms with Crippen LogP contribution in [0.15, 0.2) is 28.8 Å². The van der Waals surface area contributed by atoms with Gasteiger partial charge >= 0.3 is 0 Å². The molecule has 1 amide bonds. The van der Waals surface area contributed by atoms with Gasteiger partial charge < -0.3 is 9.84 Å². The van der Waals surface area contributed by atoms with Crippen molar-refractivity contribution in [3.8, 4) is 0 Å². The number of amides is 1. The second kappa shape index (κ2) is 7.76. The largest absolute Gasteiger partial charge is 0.355 e. The molecule has 0 spiro atoms. The van der Waals surface area contributed by atoms with Crippen molar-refractivity contribution >= 4 is 5.91 Å². The van der Waals surface area contributed by atoms with E-state index in [-0.39, 0.29) is 5.91 Å². The number of carbonyl (C=O) groups excluding carboxylic acids is 1. The van der Waals surface area contributed by atoms with Crippen molar-refractivity contribution in [3.63, 3.8) is 0 Å². The molecule has 1 fully saturated rings. The molecule has 1 aromatic heterocycles. The van der Waals surface area contributed by atoms with E-state index >= 15 is 0 Å². The Morgan fingerprint density at radius 3 is 2.80 bits per heavy atom. The highest BCUT2D eigenvalue weighted by atomic mass is 16.5. The van der Waals surface area contributed by atoms with Gasteiger partial charge in [-0.15, -0.1) is 0 Å². The van der Waals surface area contributed by atoms with Gasteiger partial charge in [0.1, 0.15) is 0 Å². The summed E-state index contributed by atoms with van der Waals surface area (Å²) in [6.45, 7) is 5.50. The van der Waals surface area contributed by atoms with Crippen LogP contribution in [0.1, 0.15) is 34.1 Å². The third kappa shape index (κ3) is 4.43. The number of nitrogens with one attached hydrogen (secondary N) is 1. The molecular weight excluding hydrogens is 318 g/mol. The van der Waals surface area contributed by atoms with Gasteiger partial charge in [-0.3, -0.25) is 14.6 Å². The predicted octanol–water partition coefficient (Wildman–Crippen LogP) is 1.44. The molecule has 0 radical (unpaired) electrons. The molecule has 1 atom stereocenters. The van der Waals surface area contributed by atoms with Crippen LogP contribution in [0.4, 0.5) is 0 Å². The van der Waals surface area contributed by atoms with Crippen LogP contribution in [0.3, 0.4) is 0 Å². The van der Waals surface area contributed by atoms with Crippen molar-refractivity contribution in [2.75, 3.05) is 27.2 Å². The number of likely N-dealkylation sites (tertiary alicyclic amines) is 1. The molecule has 3 rings (SSSR count). The van der Waals surface area contributed by atoms with Gasteiger partial charge in [0.15, 0.2) is 5.82 Å². The summed E-state index contributed by atoms with van der Waals surface area (Å²) in [5.74, 6) is 1.30. The van der Waals surface area contributed by atoms with Crippen LogP contribution in [0.2, 0.25) is 0 Å². The topological polar surface area (TPSA) is 74.5 Å². The summed E-state index contributed by atoms with van der Waals surface area (Å²) in [7, 11) is 3.75. The fraction of sp³-hybridized carbons (Fsp3) is 0.500. The highest BCUT2D eigenvalue weighted by molar-refractivity contribution is 5.93. The third-order valence-electron chi connectivity index (χ3n) is 4.68. The normalized spacial score (nSPS) is 18.0. The van der Waals surface area contributed by atoms with Gasteiger partial charge in [-0.25, -0.2) is 0 Å². The first-order valence-electron chi connectivity index (χ1n) is 8.58. The lowest BCUT2D eigenvalue weighted by Gasteiger charge is -2.23. The third-order valence-corrected chi connectivity index (χ3v) is 4.68. The van der Waals surface area contributed by atoms with Crippen molar-refractivity contribution in [1.82, 2.24) is 25.3 Å². The molecule has 0 saturated carbocycles. The van der Waals surface area contributed by atoms with Crippen LogP contribution >= 0.6 is 0 Å². The Labute approximate surface area is 148 Å². The Bertz CT molecular complexity index is 713. The number of aromatic nitrogens is 2. The number of aryl methyl sites for hydroxylation is 1. The summed E-state index contributed by atoms with van der Waals surface area (Å²) in [6, 6.07) is 8.32. The maximum Gasteiger partial charge on any atom is 0.251 e. The van der Waals surface area contributed by atoms with Crippen molar-refractivity contribution in [2.45, 2.75) is 32.5 Å². The Morgan fingerprint density at radius 1 is 1.40 bits per heavy atom. The number of hydrogen-bond donors (Lipinski definition) is 1. The first kappa shape index (κ1) is 17.6. The summed E-state index contributed by atoms with van der Waals surface area (Å²) in [5.41, 5.74) is 1.92. The number of rotatable bonds is 6. The Balaban J connectivity index is 1.51. The zero-order valence-corrected chi connectivity index (χ0v) is 15.0. The van der Waals surface area contributed by atoms with Crippen LogP contribution < -0.4 is 5.32 Å². The van der Waals surface area contributed by atoms with E-state index in [4.69, 9.17) is 4.52 Å². The molecule has 7 heteroatoms. The summed E-state index contributed by atoms with van der Waals surface area (Å²) in [6.07, 6.45) is 1.13. The Morgan fingerprint density at radius 2 is 2.16 bits per heavy atom. The average Bonchev–Trinajstić information content (AvgIpc) is 3.24. The molecule has 1 aromatic carbocycles. The maximum atomic E-state index is 11.6. The quantitative estimate of drug-likeness (QED) is 0.856. The highest BCUT2D eigenvalue weighted by Gasteiger charge is 2.26. The predicted molar refractivity (Wildman–Crippen MR) is 94.0 cm³/mol. The van der Waals surface area contributed by atoms with Gasteiger partial charge in [-0.05, 0) is 31.2 Å². The summed E-state index contributed by atoms with van der Waals surface area (Å²) < 4.78 is 5.04. The molecule has 2 aromatic rings. The van der Waals surface area contributed by atoms with E-state index in [9.17, 15) is 4.79 Å². The van der Waals surface area contributed by atoms with Crippen molar-refractivity contribution in [3.05, 3.63) is 47.1 Å². The number of hydrogen-bond acceptors (Lipinski definition) is 6. The first-order valence-corrected chi connectivity index (χ1v) is 8.58. The maximum absolute atomic E-state index is 11.6. The molecule has 134 valence electrons. The van der Waals surface area contributed by atoms with Gasteiger partial charge in [-0.1, -0.05) is 17.3 Å². The average molecular weight is 343 g/mol. The van der Waals surface area contributed by atoms with Crippen LogP contribution in [0, 0.1) is 6.92 Å². The van der Waals surface area contributed by atoms with Gasteiger partial charge in [-0.2, -0.15) is 4.98 Å².